The fraction of sp³-hybridized carbons (Fsp3) is 0.212. The van der Waals surface area contributed by atoms with Crippen molar-refractivity contribution in [1.29, 1.82) is 0 Å². The molecule has 12 heteroatoms. The van der Waals surface area contributed by atoms with Gasteiger partial charge in [-0.15, -0.1) is 0 Å². The molecular weight excluding hydrogens is 621 g/mol. The van der Waals surface area contributed by atoms with Crippen molar-refractivity contribution in [1.82, 2.24) is 10.2 Å². The zero-order chi connectivity index (χ0) is 32.0. The molecule has 1 aliphatic heterocycles. The summed E-state index contributed by atoms with van der Waals surface area (Å²) in [6.07, 6.45) is 0.165. The van der Waals surface area contributed by atoms with Crippen molar-refractivity contribution in [2.24, 2.45) is 0 Å². The van der Waals surface area contributed by atoms with E-state index < -0.39 is 40.2 Å². The van der Waals surface area contributed by atoms with E-state index in [-0.39, 0.29) is 35.9 Å². The fourth-order valence-electron chi connectivity index (χ4n) is 5.00. The number of benzene rings is 4. The number of nitrogens with zero attached hydrogens (tertiary/aromatic N) is 2. The second-order valence-corrected chi connectivity index (χ2v) is 12.6. The molecular formula is C33H31ClFN3O6S. The number of sulfonamides is 1. The Morgan fingerprint density at radius 3 is 2.27 bits per heavy atom. The van der Waals surface area contributed by atoms with Crippen LogP contribution in [0.4, 0.5) is 10.1 Å². The van der Waals surface area contributed by atoms with Crippen LogP contribution in [0.5, 0.6) is 11.5 Å². The summed E-state index contributed by atoms with van der Waals surface area (Å²) in [4.78, 5) is 28.9. The zero-order valence-electron chi connectivity index (χ0n) is 24.4. The average molecular weight is 652 g/mol. The molecule has 9 nitrogen and oxygen atoms in total. The number of likely N-dealkylation sites (N-methyl/N-ethyl adjacent to an activating group) is 1. The predicted octanol–water partition coefficient (Wildman–Crippen LogP) is 4.83. The van der Waals surface area contributed by atoms with Crippen molar-refractivity contribution in [2.75, 3.05) is 31.1 Å². The highest BCUT2D eigenvalue weighted by Gasteiger charge is 2.35. The number of fused-ring (bicyclic) bond motifs is 1. The van der Waals surface area contributed by atoms with E-state index >= 15 is 0 Å². The number of hydrogen-bond donors (Lipinski definition) is 1. The van der Waals surface area contributed by atoms with E-state index in [1.807, 2.05) is 30.3 Å². The van der Waals surface area contributed by atoms with Crippen molar-refractivity contribution < 1.29 is 31.9 Å². The Kier molecular flexibility index (Phi) is 9.90. The molecule has 0 fully saturated rings. The minimum Gasteiger partial charge on any atom is -0.486 e. The summed E-state index contributed by atoms with van der Waals surface area (Å²) in [6, 6.07) is 24.0. The van der Waals surface area contributed by atoms with E-state index in [0.717, 1.165) is 22.0 Å². The van der Waals surface area contributed by atoms with Crippen molar-refractivity contribution in [3.8, 4) is 11.5 Å². The minimum absolute atomic E-state index is 0.0361. The summed E-state index contributed by atoms with van der Waals surface area (Å²) in [7, 11) is -2.94. The molecule has 0 bridgehead atoms. The van der Waals surface area contributed by atoms with E-state index in [9.17, 15) is 22.4 Å². The van der Waals surface area contributed by atoms with Gasteiger partial charge in [0.15, 0.2) is 11.5 Å². The first kappa shape index (κ1) is 31.8. The summed E-state index contributed by atoms with van der Waals surface area (Å²) in [5.41, 5.74) is 1.50. The monoisotopic (exact) mass is 651 g/mol. The Bertz CT molecular complexity index is 1770. The van der Waals surface area contributed by atoms with Gasteiger partial charge in [0.2, 0.25) is 11.8 Å². The van der Waals surface area contributed by atoms with Gasteiger partial charge in [-0.05, 0) is 59.7 Å². The third-order valence-corrected chi connectivity index (χ3v) is 9.26. The summed E-state index contributed by atoms with van der Waals surface area (Å²) < 4.78 is 54.3. The third-order valence-electron chi connectivity index (χ3n) is 7.25. The standard InChI is InChI=1S/C33H31ClFN3O6S/c1-36-33(40)29(19-23-6-3-2-4-7-23)37(21-24-8-5-9-25(34)18-24)32(39)22-38(27-12-10-26(35)11-13-27)45(41,42)28-14-15-30-31(20-28)44-17-16-43-30/h2-15,18,20,29H,16-17,19,21-22H2,1H3,(H,36,40). The number of halogens is 2. The lowest BCUT2D eigenvalue weighted by Gasteiger charge is -2.33. The van der Waals surface area contributed by atoms with Gasteiger partial charge in [0.25, 0.3) is 10.0 Å². The van der Waals surface area contributed by atoms with Gasteiger partial charge in [-0.2, -0.15) is 0 Å². The van der Waals surface area contributed by atoms with Crippen LogP contribution in [-0.2, 0) is 32.6 Å². The molecule has 1 unspecified atom stereocenters. The lowest BCUT2D eigenvalue weighted by molar-refractivity contribution is -0.139. The maximum absolute atomic E-state index is 14.3. The van der Waals surface area contributed by atoms with E-state index in [4.69, 9.17) is 21.1 Å². The molecule has 0 saturated heterocycles. The van der Waals surface area contributed by atoms with Crippen LogP contribution in [-0.4, -0.2) is 58.0 Å². The van der Waals surface area contributed by atoms with Crippen LogP contribution in [0, 0.1) is 5.82 Å². The Morgan fingerprint density at radius 1 is 0.889 bits per heavy atom. The van der Waals surface area contributed by atoms with E-state index in [1.54, 1.807) is 24.3 Å². The van der Waals surface area contributed by atoms with Gasteiger partial charge in [-0.3, -0.25) is 13.9 Å². The first-order chi connectivity index (χ1) is 21.7. The number of nitrogens with one attached hydrogen (secondary N) is 1. The molecule has 2 amide bonds. The summed E-state index contributed by atoms with van der Waals surface area (Å²) in [6.45, 7) is -0.151. The molecule has 4 aromatic rings. The predicted molar refractivity (Wildman–Crippen MR) is 168 cm³/mol. The molecule has 0 spiro atoms. The highest BCUT2D eigenvalue weighted by Crippen LogP contribution is 2.34. The Balaban J connectivity index is 1.56. The maximum Gasteiger partial charge on any atom is 0.264 e. The lowest BCUT2D eigenvalue weighted by Crippen LogP contribution is -2.53. The molecule has 5 rings (SSSR count). The molecule has 0 aliphatic carbocycles. The number of carbonyl (C=O) groups is 2. The second kappa shape index (κ2) is 14.0. The number of hydrogen-bond acceptors (Lipinski definition) is 6. The van der Waals surface area contributed by atoms with Gasteiger partial charge in [0, 0.05) is 31.1 Å². The van der Waals surface area contributed by atoms with Gasteiger partial charge >= 0.3 is 0 Å². The third kappa shape index (κ3) is 7.55. The number of carbonyl (C=O) groups excluding carboxylic acids is 2. The van der Waals surface area contributed by atoms with Gasteiger partial charge < -0.3 is 19.7 Å². The molecule has 1 aliphatic rings. The first-order valence-electron chi connectivity index (χ1n) is 14.1. The van der Waals surface area contributed by atoms with Crippen LogP contribution in [0.3, 0.4) is 0 Å². The van der Waals surface area contributed by atoms with Crippen LogP contribution in [0.2, 0.25) is 5.02 Å². The lowest BCUT2D eigenvalue weighted by atomic mass is 10.0. The van der Waals surface area contributed by atoms with Gasteiger partial charge in [0.1, 0.15) is 31.6 Å². The minimum atomic E-state index is -4.41. The van der Waals surface area contributed by atoms with Gasteiger partial charge in [-0.1, -0.05) is 54.1 Å². The molecule has 45 heavy (non-hydrogen) atoms. The van der Waals surface area contributed by atoms with Gasteiger partial charge in [0.05, 0.1) is 10.6 Å². The van der Waals surface area contributed by atoms with Crippen LogP contribution in [0.25, 0.3) is 0 Å². The Hall–Kier alpha value is -4.61. The summed E-state index contributed by atoms with van der Waals surface area (Å²) in [5, 5.41) is 3.07. The number of ether oxygens (including phenoxy) is 2. The Morgan fingerprint density at radius 2 is 1.58 bits per heavy atom. The molecule has 1 heterocycles. The summed E-state index contributed by atoms with van der Waals surface area (Å²) >= 11 is 6.24. The van der Waals surface area contributed by atoms with Crippen molar-refractivity contribution in [3.05, 3.63) is 119 Å². The molecule has 0 saturated carbocycles. The van der Waals surface area contributed by atoms with Crippen molar-refractivity contribution in [3.63, 3.8) is 0 Å². The van der Waals surface area contributed by atoms with Crippen molar-refractivity contribution >= 4 is 39.1 Å². The molecule has 0 radical (unpaired) electrons. The summed E-state index contributed by atoms with van der Waals surface area (Å²) in [5.74, 6) is -1.03. The second-order valence-electron chi connectivity index (χ2n) is 10.3. The molecule has 234 valence electrons. The smallest absolute Gasteiger partial charge is 0.264 e. The normalized spacial score (nSPS) is 13.0. The quantitative estimate of drug-likeness (QED) is 0.249. The van der Waals surface area contributed by atoms with Crippen LogP contribution in [0.1, 0.15) is 11.1 Å². The van der Waals surface area contributed by atoms with E-state index in [0.29, 0.717) is 22.9 Å². The molecule has 1 N–H and O–H groups in total. The van der Waals surface area contributed by atoms with Gasteiger partial charge in [-0.25, -0.2) is 12.8 Å². The molecule has 0 aromatic heterocycles. The Labute approximate surface area is 266 Å². The van der Waals surface area contributed by atoms with Crippen LogP contribution in [0.15, 0.2) is 102 Å². The fourth-order valence-corrected chi connectivity index (χ4v) is 6.64. The average Bonchev–Trinajstić information content (AvgIpc) is 3.05. The first-order valence-corrected chi connectivity index (χ1v) is 15.9. The van der Waals surface area contributed by atoms with E-state index in [2.05, 4.69) is 5.32 Å². The van der Waals surface area contributed by atoms with Crippen LogP contribution < -0.4 is 19.1 Å². The number of rotatable bonds is 11. The topological polar surface area (TPSA) is 105 Å². The van der Waals surface area contributed by atoms with E-state index in [1.165, 1.54) is 42.3 Å². The number of anilines is 1. The van der Waals surface area contributed by atoms with Crippen LogP contribution >= 0.6 is 11.6 Å². The highest BCUT2D eigenvalue weighted by atomic mass is 35.5. The molecule has 1 atom stereocenters. The SMILES string of the molecule is CNC(=O)C(Cc1ccccc1)N(Cc1cccc(Cl)c1)C(=O)CN(c1ccc(F)cc1)S(=O)(=O)c1ccc2c(c1)OCCO2. The number of amides is 2. The highest BCUT2D eigenvalue weighted by molar-refractivity contribution is 7.92. The maximum atomic E-state index is 14.3. The molecule has 4 aromatic carbocycles. The van der Waals surface area contributed by atoms with Crippen molar-refractivity contribution in [2.45, 2.75) is 23.9 Å². The largest absolute Gasteiger partial charge is 0.486 e. The zero-order valence-corrected chi connectivity index (χ0v) is 25.9.